The Labute approximate surface area is 157 Å². The highest BCUT2D eigenvalue weighted by atomic mass is 16.3. The molecule has 6 nitrogen and oxygen atoms in total. The highest BCUT2D eigenvalue weighted by Crippen LogP contribution is 2.22. The van der Waals surface area contributed by atoms with Gasteiger partial charge >= 0.3 is 0 Å². The second-order valence-electron chi connectivity index (χ2n) is 6.13. The number of aromatic nitrogens is 1. The smallest absolute Gasteiger partial charge is 0.255 e. The molecule has 2 N–H and O–H groups in total. The molecule has 0 aliphatic carbocycles. The van der Waals surface area contributed by atoms with Gasteiger partial charge in [0, 0.05) is 43.4 Å². The van der Waals surface area contributed by atoms with Crippen LogP contribution in [0.1, 0.15) is 15.9 Å². The van der Waals surface area contributed by atoms with Crippen LogP contribution in [0.15, 0.2) is 71.9 Å². The van der Waals surface area contributed by atoms with E-state index in [1.54, 1.807) is 30.6 Å². The molecule has 0 aliphatic rings. The van der Waals surface area contributed by atoms with Gasteiger partial charge in [-0.25, -0.2) is 9.98 Å². The Kier molecular flexibility index (Phi) is 5.47. The third-order valence-electron chi connectivity index (χ3n) is 3.87. The lowest BCUT2D eigenvalue weighted by molar-refractivity contribution is 0.102. The number of nitrogens with zero attached hydrogens (tertiary/aromatic N) is 3. The van der Waals surface area contributed by atoms with E-state index in [-0.39, 0.29) is 17.5 Å². The van der Waals surface area contributed by atoms with Crippen LogP contribution in [0.5, 0.6) is 5.75 Å². The van der Waals surface area contributed by atoms with E-state index in [2.05, 4.69) is 15.3 Å². The Morgan fingerprint density at radius 2 is 1.93 bits per heavy atom. The fourth-order valence-electron chi connectivity index (χ4n) is 2.45. The zero-order valence-electron chi connectivity index (χ0n) is 15.1. The number of nitrogens with one attached hydrogen (secondary N) is 1. The zero-order chi connectivity index (χ0) is 19.2. The molecule has 0 saturated carbocycles. The number of pyridine rings is 1. The Bertz CT molecular complexity index is 983. The van der Waals surface area contributed by atoms with E-state index >= 15 is 0 Å². The van der Waals surface area contributed by atoms with E-state index < -0.39 is 0 Å². The number of benzene rings is 2. The monoisotopic (exact) mass is 360 g/mol. The van der Waals surface area contributed by atoms with Crippen LogP contribution in [0.25, 0.3) is 0 Å². The normalized spacial score (nSPS) is 10.7. The van der Waals surface area contributed by atoms with Crippen molar-refractivity contribution in [1.29, 1.82) is 0 Å². The molecule has 1 amide bonds. The first-order valence-electron chi connectivity index (χ1n) is 8.40. The van der Waals surface area contributed by atoms with E-state index in [1.807, 2.05) is 55.4 Å². The second-order valence-corrected chi connectivity index (χ2v) is 6.13. The van der Waals surface area contributed by atoms with Crippen LogP contribution < -0.4 is 10.2 Å². The summed E-state index contributed by atoms with van der Waals surface area (Å²) in [7, 11) is 3.86. The Balaban J connectivity index is 1.75. The lowest BCUT2D eigenvalue weighted by atomic mass is 10.1. The maximum atomic E-state index is 12.5. The minimum atomic E-state index is -0.185. The van der Waals surface area contributed by atoms with Crippen LogP contribution in [0, 0.1) is 0 Å². The first-order chi connectivity index (χ1) is 13.0. The van der Waals surface area contributed by atoms with Crippen molar-refractivity contribution < 1.29 is 9.90 Å². The number of carbonyl (C=O) groups is 1. The number of rotatable bonds is 5. The van der Waals surface area contributed by atoms with Crippen LogP contribution >= 0.6 is 0 Å². The maximum absolute atomic E-state index is 12.5. The summed E-state index contributed by atoms with van der Waals surface area (Å²) in [4.78, 5) is 22.6. The first-order valence-corrected chi connectivity index (χ1v) is 8.40. The summed E-state index contributed by atoms with van der Waals surface area (Å²) in [5.41, 5.74) is 2.97. The van der Waals surface area contributed by atoms with Crippen molar-refractivity contribution in [2.45, 2.75) is 0 Å². The van der Waals surface area contributed by atoms with Crippen LogP contribution in [0.3, 0.4) is 0 Å². The zero-order valence-corrected chi connectivity index (χ0v) is 15.1. The van der Waals surface area contributed by atoms with Crippen LogP contribution in [-0.4, -0.2) is 36.3 Å². The van der Waals surface area contributed by atoms with Crippen molar-refractivity contribution in [3.63, 3.8) is 0 Å². The Morgan fingerprint density at radius 1 is 1.11 bits per heavy atom. The Hall–Kier alpha value is -3.67. The number of hydrogen-bond donors (Lipinski definition) is 2. The SMILES string of the molecule is CN(C)c1cccc(C(=O)Nc2cccc(/C=N/c3ncccc3O)c2)c1. The van der Waals surface area contributed by atoms with Gasteiger partial charge in [0.2, 0.25) is 0 Å². The van der Waals surface area contributed by atoms with Crippen molar-refractivity contribution in [2.75, 3.05) is 24.3 Å². The number of amides is 1. The van der Waals surface area contributed by atoms with Crippen LogP contribution in [0.4, 0.5) is 17.2 Å². The molecule has 1 heterocycles. The standard InChI is InChI=1S/C21H20N4O2/c1-25(2)18-9-4-7-16(13-18)21(27)24-17-8-3-6-15(12-17)14-23-20-19(26)10-5-11-22-20/h3-14,26H,1-2H3,(H,24,27)/b23-14+. The van der Waals surface area contributed by atoms with E-state index in [9.17, 15) is 9.90 Å². The third kappa shape index (κ3) is 4.70. The van der Waals surface area contributed by atoms with Crippen molar-refractivity contribution in [3.8, 4) is 5.75 Å². The number of anilines is 2. The molecule has 0 saturated heterocycles. The van der Waals surface area contributed by atoms with E-state index in [0.717, 1.165) is 11.3 Å². The molecule has 0 atom stereocenters. The number of carbonyl (C=O) groups excluding carboxylic acids is 1. The molecule has 136 valence electrons. The maximum Gasteiger partial charge on any atom is 0.255 e. The van der Waals surface area contributed by atoms with Gasteiger partial charge in [-0.15, -0.1) is 0 Å². The van der Waals surface area contributed by atoms with Gasteiger partial charge in [-0.1, -0.05) is 18.2 Å². The van der Waals surface area contributed by atoms with Gasteiger partial charge in [0.15, 0.2) is 11.6 Å². The van der Waals surface area contributed by atoms with Gasteiger partial charge < -0.3 is 15.3 Å². The van der Waals surface area contributed by atoms with E-state index in [1.165, 1.54) is 6.07 Å². The lowest BCUT2D eigenvalue weighted by Crippen LogP contribution is -2.14. The molecular formula is C21H20N4O2. The van der Waals surface area contributed by atoms with Crippen molar-refractivity contribution in [1.82, 2.24) is 4.98 Å². The minimum absolute atomic E-state index is 0.0129. The molecule has 0 spiro atoms. The number of aliphatic imine (C=N–C) groups is 1. The van der Waals surface area contributed by atoms with Crippen molar-refractivity contribution >= 4 is 29.3 Å². The first kappa shape index (κ1) is 18.1. The number of hydrogen-bond acceptors (Lipinski definition) is 5. The molecule has 2 aromatic carbocycles. The molecule has 0 radical (unpaired) electrons. The average molecular weight is 360 g/mol. The summed E-state index contributed by atoms with van der Waals surface area (Å²) in [5, 5.41) is 12.6. The highest BCUT2D eigenvalue weighted by molar-refractivity contribution is 6.05. The molecule has 0 unspecified atom stereocenters. The molecule has 27 heavy (non-hydrogen) atoms. The van der Waals surface area contributed by atoms with Gasteiger partial charge in [-0.05, 0) is 48.0 Å². The molecule has 0 aliphatic heterocycles. The van der Waals surface area contributed by atoms with Crippen molar-refractivity contribution in [2.24, 2.45) is 4.99 Å². The minimum Gasteiger partial charge on any atom is -0.504 e. The number of aromatic hydroxyl groups is 1. The fraction of sp³-hybridized carbons (Fsp3) is 0.0952. The van der Waals surface area contributed by atoms with Gasteiger partial charge in [-0.3, -0.25) is 4.79 Å². The van der Waals surface area contributed by atoms with Gasteiger partial charge in [0.1, 0.15) is 0 Å². The molecular weight excluding hydrogens is 340 g/mol. The molecule has 6 heteroatoms. The Morgan fingerprint density at radius 3 is 2.70 bits per heavy atom. The predicted octanol–water partition coefficient (Wildman–Crippen LogP) is 3.86. The van der Waals surface area contributed by atoms with Crippen molar-refractivity contribution in [3.05, 3.63) is 78.0 Å². The van der Waals surface area contributed by atoms with E-state index in [0.29, 0.717) is 11.3 Å². The largest absolute Gasteiger partial charge is 0.504 e. The second kappa shape index (κ2) is 8.14. The lowest BCUT2D eigenvalue weighted by Gasteiger charge is -2.13. The predicted molar refractivity (Wildman–Crippen MR) is 108 cm³/mol. The molecule has 1 aromatic heterocycles. The topological polar surface area (TPSA) is 77.8 Å². The average Bonchev–Trinajstić information content (AvgIpc) is 2.68. The summed E-state index contributed by atoms with van der Waals surface area (Å²) < 4.78 is 0. The molecule has 3 rings (SSSR count). The summed E-state index contributed by atoms with van der Waals surface area (Å²) >= 11 is 0. The molecule has 3 aromatic rings. The quantitative estimate of drug-likeness (QED) is 0.678. The fourth-order valence-corrected chi connectivity index (χ4v) is 2.45. The highest BCUT2D eigenvalue weighted by Gasteiger charge is 2.08. The summed E-state index contributed by atoms with van der Waals surface area (Å²) in [6.45, 7) is 0. The summed E-state index contributed by atoms with van der Waals surface area (Å²) in [6.07, 6.45) is 3.15. The third-order valence-corrected chi connectivity index (χ3v) is 3.87. The van der Waals surface area contributed by atoms with Gasteiger partial charge in [0.05, 0.1) is 0 Å². The molecule has 0 bridgehead atoms. The van der Waals surface area contributed by atoms with Gasteiger partial charge in [0.25, 0.3) is 5.91 Å². The van der Waals surface area contributed by atoms with E-state index in [4.69, 9.17) is 0 Å². The van der Waals surface area contributed by atoms with Crippen LogP contribution in [-0.2, 0) is 0 Å². The summed E-state index contributed by atoms with van der Waals surface area (Å²) in [6, 6.07) is 17.9. The summed E-state index contributed by atoms with van der Waals surface area (Å²) in [5.74, 6) is 0.0709. The van der Waals surface area contributed by atoms with Gasteiger partial charge in [-0.2, -0.15) is 0 Å². The van der Waals surface area contributed by atoms with Crippen LogP contribution in [0.2, 0.25) is 0 Å². The molecule has 0 fully saturated rings.